The molecule has 0 saturated heterocycles. The van der Waals surface area contributed by atoms with Crippen molar-refractivity contribution in [2.75, 3.05) is 0 Å². The van der Waals surface area contributed by atoms with Crippen molar-refractivity contribution in [2.24, 2.45) is 4.40 Å². The maximum absolute atomic E-state index is 4.08. The molecule has 1 atom stereocenters. The SMILES string of the molecule is CC1C=CCC=NS1. The lowest BCUT2D eigenvalue weighted by atomic mass is 10.3. The van der Waals surface area contributed by atoms with Gasteiger partial charge in [0, 0.05) is 17.9 Å². The molecule has 0 saturated carbocycles. The van der Waals surface area contributed by atoms with Crippen LogP contribution in [0.2, 0.25) is 0 Å². The molecule has 0 bridgehead atoms. The van der Waals surface area contributed by atoms with Crippen LogP contribution >= 0.6 is 11.9 Å². The van der Waals surface area contributed by atoms with Gasteiger partial charge in [-0.1, -0.05) is 12.2 Å². The third-order valence-electron chi connectivity index (χ3n) is 0.950. The van der Waals surface area contributed by atoms with Gasteiger partial charge in [-0.25, -0.2) is 4.40 Å². The van der Waals surface area contributed by atoms with Crippen LogP contribution in [0.3, 0.4) is 0 Å². The average Bonchev–Trinajstić information content (AvgIpc) is 1.94. The molecule has 0 radical (unpaired) electrons. The molecule has 44 valence electrons. The van der Waals surface area contributed by atoms with E-state index in [4.69, 9.17) is 0 Å². The van der Waals surface area contributed by atoms with Crippen LogP contribution < -0.4 is 0 Å². The minimum atomic E-state index is 0.564. The minimum absolute atomic E-state index is 0.564. The van der Waals surface area contributed by atoms with Gasteiger partial charge in [0.1, 0.15) is 0 Å². The molecule has 8 heavy (non-hydrogen) atoms. The van der Waals surface area contributed by atoms with Crippen LogP contribution in [-0.4, -0.2) is 11.5 Å². The average molecular weight is 127 g/mol. The summed E-state index contributed by atoms with van der Waals surface area (Å²) >= 11 is 1.62. The van der Waals surface area contributed by atoms with E-state index in [2.05, 4.69) is 23.5 Å². The molecule has 1 unspecified atom stereocenters. The van der Waals surface area contributed by atoms with E-state index in [0.717, 1.165) is 6.42 Å². The van der Waals surface area contributed by atoms with E-state index < -0.39 is 0 Å². The molecule has 0 fully saturated rings. The molecule has 0 aromatic carbocycles. The second kappa shape index (κ2) is 2.92. The Balaban J connectivity index is 2.48. The number of hydrogen-bond donors (Lipinski definition) is 0. The summed E-state index contributed by atoms with van der Waals surface area (Å²) in [6.45, 7) is 2.14. The van der Waals surface area contributed by atoms with Crippen molar-refractivity contribution < 1.29 is 0 Å². The zero-order valence-corrected chi connectivity index (χ0v) is 5.69. The number of nitrogens with zero attached hydrogens (tertiary/aromatic N) is 1. The topological polar surface area (TPSA) is 12.4 Å². The minimum Gasteiger partial charge on any atom is -0.228 e. The van der Waals surface area contributed by atoms with E-state index in [1.807, 2.05) is 6.21 Å². The molecule has 0 aliphatic carbocycles. The largest absolute Gasteiger partial charge is 0.228 e. The van der Waals surface area contributed by atoms with E-state index in [1.165, 1.54) is 0 Å². The summed E-state index contributed by atoms with van der Waals surface area (Å²) in [5.41, 5.74) is 0. The first-order chi connectivity index (χ1) is 3.89. The molecule has 1 aliphatic heterocycles. The van der Waals surface area contributed by atoms with Crippen molar-refractivity contribution in [2.45, 2.75) is 18.6 Å². The standard InChI is InChI=1S/C6H9NS/c1-6-4-2-3-5-7-8-6/h2,4-6H,3H2,1H3. The normalized spacial score (nSPS) is 27.9. The molecular weight excluding hydrogens is 118 g/mol. The van der Waals surface area contributed by atoms with Crippen molar-refractivity contribution >= 4 is 18.2 Å². The van der Waals surface area contributed by atoms with E-state index >= 15 is 0 Å². The van der Waals surface area contributed by atoms with Gasteiger partial charge in [0.15, 0.2) is 0 Å². The molecule has 0 N–H and O–H groups in total. The third kappa shape index (κ3) is 1.70. The highest BCUT2D eigenvalue weighted by atomic mass is 32.2. The van der Waals surface area contributed by atoms with Crippen LogP contribution in [-0.2, 0) is 0 Å². The molecule has 0 amide bonds. The zero-order valence-electron chi connectivity index (χ0n) is 4.87. The molecule has 0 aromatic heterocycles. The lowest BCUT2D eigenvalue weighted by molar-refractivity contribution is 1.24. The highest BCUT2D eigenvalue weighted by molar-refractivity contribution is 7.98. The molecule has 1 heterocycles. The molecule has 1 aliphatic rings. The van der Waals surface area contributed by atoms with Crippen LogP contribution in [0.25, 0.3) is 0 Å². The Labute approximate surface area is 54.0 Å². The zero-order chi connectivity index (χ0) is 5.82. The van der Waals surface area contributed by atoms with Gasteiger partial charge in [-0.3, -0.25) is 0 Å². The Hall–Kier alpha value is -0.240. The van der Waals surface area contributed by atoms with E-state index in [0.29, 0.717) is 5.25 Å². The summed E-state index contributed by atoms with van der Waals surface area (Å²) in [5.74, 6) is 0. The van der Waals surface area contributed by atoms with Gasteiger partial charge in [0.25, 0.3) is 0 Å². The summed E-state index contributed by atoms with van der Waals surface area (Å²) < 4.78 is 4.08. The second-order valence-electron chi connectivity index (χ2n) is 1.76. The highest BCUT2D eigenvalue weighted by Crippen LogP contribution is 2.14. The van der Waals surface area contributed by atoms with E-state index in [-0.39, 0.29) is 0 Å². The van der Waals surface area contributed by atoms with Crippen LogP contribution in [0.5, 0.6) is 0 Å². The van der Waals surface area contributed by atoms with Gasteiger partial charge < -0.3 is 0 Å². The van der Waals surface area contributed by atoms with Crippen molar-refractivity contribution in [1.82, 2.24) is 0 Å². The van der Waals surface area contributed by atoms with Gasteiger partial charge in [0.05, 0.1) is 0 Å². The van der Waals surface area contributed by atoms with Gasteiger partial charge in [-0.05, 0) is 18.9 Å². The Bertz CT molecular complexity index is 118. The number of hydrogen-bond acceptors (Lipinski definition) is 2. The fourth-order valence-electron chi connectivity index (χ4n) is 0.548. The predicted molar refractivity (Wildman–Crippen MR) is 39.3 cm³/mol. The fraction of sp³-hybridized carbons (Fsp3) is 0.500. The number of allylic oxidation sites excluding steroid dienone is 1. The summed E-state index contributed by atoms with van der Waals surface area (Å²) in [5, 5.41) is 0.564. The van der Waals surface area contributed by atoms with Crippen molar-refractivity contribution in [3.8, 4) is 0 Å². The maximum Gasteiger partial charge on any atom is 0.0418 e. The second-order valence-corrected chi connectivity index (χ2v) is 2.93. The van der Waals surface area contributed by atoms with Crippen molar-refractivity contribution in [3.05, 3.63) is 12.2 Å². The Kier molecular flexibility index (Phi) is 2.15. The quantitative estimate of drug-likeness (QED) is 0.358. The monoisotopic (exact) mass is 127 g/mol. The van der Waals surface area contributed by atoms with Gasteiger partial charge >= 0.3 is 0 Å². The van der Waals surface area contributed by atoms with Crippen molar-refractivity contribution in [1.29, 1.82) is 0 Å². The summed E-state index contributed by atoms with van der Waals surface area (Å²) in [4.78, 5) is 0. The summed E-state index contributed by atoms with van der Waals surface area (Å²) in [7, 11) is 0. The fourth-order valence-corrected chi connectivity index (χ4v) is 1.09. The third-order valence-corrected chi connectivity index (χ3v) is 1.71. The van der Waals surface area contributed by atoms with Gasteiger partial charge in [-0.2, -0.15) is 0 Å². The first-order valence-electron chi connectivity index (χ1n) is 2.74. The highest BCUT2D eigenvalue weighted by Gasteiger charge is 1.95. The lowest BCUT2D eigenvalue weighted by Crippen LogP contribution is -1.83. The molecule has 0 aromatic rings. The molecule has 2 heteroatoms. The number of rotatable bonds is 0. The first kappa shape index (κ1) is 5.89. The molecule has 0 spiro atoms. The van der Waals surface area contributed by atoms with Crippen LogP contribution in [0.15, 0.2) is 16.5 Å². The summed E-state index contributed by atoms with van der Waals surface area (Å²) in [6.07, 6.45) is 7.26. The molecule has 1 rings (SSSR count). The van der Waals surface area contributed by atoms with Crippen LogP contribution in [0.4, 0.5) is 0 Å². The van der Waals surface area contributed by atoms with Crippen LogP contribution in [0.1, 0.15) is 13.3 Å². The predicted octanol–water partition coefficient (Wildman–Crippen LogP) is 2.05. The Morgan fingerprint density at radius 1 is 1.75 bits per heavy atom. The maximum atomic E-state index is 4.08. The Morgan fingerprint density at radius 2 is 2.62 bits per heavy atom. The lowest BCUT2D eigenvalue weighted by Gasteiger charge is -1.93. The molecular formula is C6H9NS. The Morgan fingerprint density at radius 3 is 3.50 bits per heavy atom. The summed E-state index contributed by atoms with van der Waals surface area (Å²) in [6, 6.07) is 0. The van der Waals surface area contributed by atoms with Gasteiger partial charge in [-0.15, -0.1) is 0 Å². The molecule has 1 nitrogen and oxygen atoms in total. The first-order valence-corrected chi connectivity index (χ1v) is 3.57. The van der Waals surface area contributed by atoms with Gasteiger partial charge in [0.2, 0.25) is 0 Å². The van der Waals surface area contributed by atoms with E-state index in [9.17, 15) is 0 Å². The van der Waals surface area contributed by atoms with Crippen LogP contribution in [0, 0.1) is 0 Å². The smallest absolute Gasteiger partial charge is 0.0418 e. The van der Waals surface area contributed by atoms with Crippen molar-refractivity contribution in [3.63, 3.8) is 0 Å². The van der Waals surface area contributed by atoms with E-state index in [1.54, 1.807) is 11.9 Å².